The summed E-state index contributed by atoms with van der Waals surface area (Å²) in [6, 6.07) is 0.937. The van der Waals surface area contributed by atoms with Crippen molar-refractivity contribution in [2.75, 3.05) is 0 Å². The van der Waals surface area contributed by atoms with Gasteiger partial charge in [-0.1, -0.05) is 12.1 Å². The highest BCUT2D eigenvalue weighted by Crippen LogP contribution is 2.32. The number of halogens is 3. The van der Waals surface area contributed by atoms with Crippen LogP contribution in [0.2, 0.25) is 0 Å². The monoisotopic (exact) mass is 348 g/mol. The molecule has 0 atom stereocenters. The van der Waals surface area contributed by atoms with Crippen molar-refractivity contribution >= 4 is 9.84 Å². The first-order valence-electron chi connectivity index (χ1n) is 6.77. The molecule has 126 valence electrons. The highest BCUT2D eigenvalue weighted by Gasteiger charge is 2.34. The van der Waals surface area contributed by atoms with Crippen LogP contribution in [0.25, 0.3) is 0 Å². The summed E-state index contributed by atoms with van der Waals surface area (Å²) in [7, 11) is -3.90. The van der Waals surface area contributed by atoms with E-state index in [2.05, 4.69) is 10.1 Å². The van der Waals surface area contributed by atoms with Crippen molar-refractivity contribution < 1.29 is 26.1 Å². The summed E-state index contributed by atoms with van der Waals surface area (Å²) in [6.45, 7) is 4.60. The molecule has 2 rings (SSSR count). The van der Waals surface area contributed by atoms with Crippen LogP contribution >= 0.6 is 0 Å². The first-order chi connectivity index (χ1) is 10.6. The Morgan fingerprint density at radius 2 is 1.91 bits per heavy atom. The number of hydrogen-bond donors (Lipinski definition) is 0. The lowest BCUT2D eigenvalue weighted by atomic mass is 10.1. The summed E-state index contributed by atoms with van der Waals surface area (Å²) in [5.41, 5.74) is -0.281. The molecule has 0 saturated heterocycles. The quantitative estimate of drug-likeness (QED) is 0.848. The molecule has 0 aliphatic carbocycles. The van der Waals surface area contributed by atoms with Crippen LogP contribution in [0.4, 0.5) is 13.2 Å². The summed E-state index contributed by atoms with van der Waals surface area (Å²) in [5, 5.41) is 3.32. The fourth-order valence-corrected chi connectivity index (χ4v) is 3.63. The molecule has 0 aliphatic rings. The topological polar surface area (TPSA) is 73.1 Å². The molecule has 2 aromatic heterocycles. The van der Waals surface area contributed by atoms with E-state index in [1.807, 2.05) is 0 Å². The first-order valence-corrected chi connectivity index (χ1v) is 8.42. The van der Waals surface area contributed by atoms with Crippen molar-refractivity contribution in [2.45, 2.75) is 44.1 Å². The van der Waals surface area contributed by atoms with Crippen molar-refractivity contribution in [2.24, 2.45) is 0 Å². The van der Waals surface area contributed by atoms with Crippen LogP contribution in [0.5, 0.6) is 0 Å². The van der Waals surface area contributed by atoms with Crippen molar-refractivity contribution in [3.63, 3.8) is 0 Å². The number of sulfone groups is 1. The maximum atomic E-state index is 12.7. The standard InChI is InChI=1S/C14H15F3N2O3S/c1-4-12-10(9(3)19-22-12)7-23(20,21)13-5-8(2)11(6-18-13)14(15,16)17/h5-6H,4,7H2,1-3H3. The van der Waals surface area contributed by atoms with E-state index in [1.165, 1.54) is 6.92 Å². The summed E-state index contributed by atoms with van der Waals surface area (Å²) < 4.78 is 68.0. The van der Waals surface area contributed by atoms with E-state index in [-0.39, 0.29) is 5.56 Å². The third-order valence-corrected chi connectivity index (χ3v) is 4.96. The first kappa shape index (κ1) is 17.5. The molecule has 0 radical (unpaired) electrons. The van der Waals surface area contributed by atoms with Crippen LogP contribution in [-0.4, -0.2) is 18.6 Å². The van der Waals surface area contributed by atoms with Gasteiger partial charge in [-0.15, -0.1) is 0 Å². The van der Waals surface area contributed by atoms with Crippen LogP contribution in [0.1, 0.15) is 35.1 Å². The number of rotatable bonds is 4. The Morgan fingerprint density at radius 3 is 2.43 bits per heavy atom. The van der Waals surface area contributed by atoms with E-state index < -0.39 is 32.4 Å². The van der Waals surface area contributed by atoms with Crippen molar-refractivity contribution in [3.05, 3.63) is 40.4 Å². The Morgan fingerprint density at radius 1 is 1.26 bits per heavy atom. The van der Waals surface area contributed by atoms with Gasteiger partial charge in [0.2, 0.25) is 0 Å². The molecule has 0 unspecified atom stereocenters. The van der Waals surface area contributed by atoms with E-state index in [0.29, 0.717) is 29.6 Å². The normalized spacial score (nSPS) is 12.6. The summed E-state index contributed by atoms with van der Waals surface area (Å²) in [6.07, 6.45) is -3.56. The molecular formula is C14H15F3N2O3S. The summed E-state index contributed by atoms with van der Waals surface area (Å²) in [4.78, 5) is 3.48. The van der Waals surface area contributed by atoms with E-state index in [0.717, 1.165) is 6.07 Å². The van der Waals surface area contributed by atoms with Crippen LogP contribution in [0.15, 0.2) is 21.8 Å². The summed E-state index contributed by atoms with van der Waals surface area (Å²) in [5.74, 6) is 0.0262. The number of aromatic nitrogens is 2. The molecule has 0 aromatic carbocycles. The Bertz CT molecular complexity index is 826. The second kappa shape index (κ2) is 5.95. The second-order valence-electron chi connectivity index (χ2n) is 5.12. The molecule has 0 N–H and O–H groups in total. The fraction of sp³-hybridized carbons (Fsp3) is 0.429. The molecule has 0 bridgehead atoms. The maximum Gasteiger partial charge on any atom is 0.418 e. The Kier molecular flexibility index (Phi) is 4.52. The highest BCUT2D eigenvalue weighted by atomic mass is 32.2. The molecule has 5 nitrogen and oxygen atoms in total. The lowest BCUT2D eigenvalue weighted by Crippen LogP contribution is -2.13. The van der Waals surface area contributed by atoms with Gasteiger partial charge in [0.1, 0.15) is 5.76 Å². The molecular weight excluding hydrogens is 333 g/mol. The zero-order valence-electron chi connectivity index (χ0n) is 12.7. The number of pyridine rings is 1. The Hall–Kier alpha value is -1.90. The van der Waals surface area contributed by atoms with Gasteiger partial charge in [-0.3, -0.25) is 0 Å². The Balaban J connectivity index is 2.41. The van der Waals surface area contributed by atoms with E-state index >= 15 is 0 Å². The molecule has 2 aromatic rings. The predicted molar refractivity (Wildman–Crippen MR) is 75.5 cm³/mol. The fourth-order valence-electron chi connectivity index (χ4n) is 2.16. The molecule has 0 spiro atoms. The average molecular weight is 348 g/mol. The van der Waals surface area contributed by atoms with Gasteiger partial charge in [-0.05, 0) is 25.5 Å². The van der Waals surface area contributed by atoms with Crippen LogP contribution in [-0.2, 0) is 28.2 Å². The predicted octanol–water partition coefficient (Wildman–Crippen LogP) is 3.24. The van der Waals surface area contributed by atoms with Gasteiger partial charge in [0, 0.05) is 18.2 Å². The molecule has 23 heavy (non-hydrogen) atoms. The minimum absolute atomic E-state index is 0.191. The second-order valence-corrected chi connectivity index (χ2v) is 7.05. The zero-order valence-corrected chi connectivity index (χ0v) is 13.5. The lowest BCUT2D eigenvalue weighted by Gasteiger charge is -2.11. The molecule has 0 amide bonds. The minimum atomic E-state index is -4.57. The van der Waals surface area contributed by atoms with Crippen molar-refractivity contribution in [1.82, 2.24) is 10.1 Å². The molecule has 0 saturated carbocycles. The van der Waals surface area contributed by atoms with E-state index in [1.54, 1.807) is 13.8 Å². The van der Waals surface area contributed by atoms with Gasteiger partial charge < -0.3 is 4.52 Å². The number of aryl methyl sites for hydroxylation is 3. The van der Waals surface area contributed by atoms with Crippen molar-refractivity contribution in [3.8, 4) is 0 Å². The van der Waals surface area contributed by atoms with Crippen LogP contribution < -0.4 is 0 Å². The smallest absolute Gasteiger partial charge is 0.361 e. The number of hydrogen-bond acceptors (Lipinski definition) is 5. The van der Waals surface area contributed by atoms with Gasteiger partial charge in [-0.25, -0.2) is 13.4 Å². The molecule has 9 heteroatoms. The third-order valence-electron chi connectivity index (χ3n) is 3.43. The number of alkyl halides is 3. The van der Waals surface area contributed by atoms with Gasteiger partial charge in [0.25, 0.3) is 0 Å². The third kappa shape index (κ3) is 3.54. The molecule has 2 heterocycles. The average Bonchev–Trinajstić information content (AvgIpc) is 2.77. The van der Waals surface area contributed by atoms with Crippen LogP contribution in [0, 0.1) is 13.8 Å². The lowest BCUT2D eigenvalue weighted by molar-refractivity contribution is -0.138. The molecule has 0 aliphatic heterocycles. The maximum absolute atomic E-state index is 12.7. The van der Waals surface area contributed by atoms with Crippen LogP contribution in [0.3, 0.4) is 0 Å². The highest BCUT2D eigenvalue weighted by molar-refractivity contribution is 7.90. The van der Waals surface area contributed by atoms with Gasteiger partial charge in [-0.2, -0.15) is 13.2 Å². The molecule has 0 fully saturated rings. The van der Waals surface area contributed by atoms with Gasteiger partial charge in [0.15, 0.2) is 14.9 Å². The van der Waals surface area contributed by atoms with E-state index in [9.17, 15) is 21.6 Å². The number of nitrogens with zero attached hydrogens (tertiary/aromatic N) is 2. The SMILES string of the molecule is CCc1onc(C)c1CS(=O)(=O)c1cc(C)c(C(F)(F)F)cn1. The Labute approximate surface area is 131 Å². The van der Waals surface area contributed by atoms with Crippen molar-refractivity contribution in [1.29, 1.82) is 0 Å². The zero-order chi connectivity index (χ0) is 17.4. The van der Waals surface area contributed by atoms with E-state index in [4.69, 9.17) is 4.52 Å². The van der Waals surface area contributed by atoms with Gasteiger partial charge >= 0.3 is 6.18 Å². The minimum Gasteiger partial charge on any atom is -0.361 e. The van der Waals surface area contributed by atoms with Gasteiger partial charge in [0.05, 0.1) is 17.0 Å². The largest absolute Gasteiger partial charge is 0.418 e. The summed E-state index contributed by atoms with van der Waals surface area (Å²) >= 11 is 0.